The van der Waals surface area contributed by atoms with Crippen molar-refractivity contribution >= 4 is 35.1 Å². The molecule has 1 heterocycles. The van der Waals surface area contributed by atoms with E-state index in [1.54, 1.807) is 16.7 Å². The summed E-state index contributed by atoms with van der Waals surface area (Å²) in [7, 11) is 0. The van der Waals surface area contributed by atoms with Crippen LogP contribution in [0, 0.1) is 0 Å². The highest BCUT2D eigenvalue weighted by molar-refractivity contribution is 7.99. The summed E-state index contributed by atoms with van der Waals surface area (Å²) >= 11 is 1.55. The van der Waals surface area contributed by atoms with E-state index in [0.29, 0.717) is 24.5 Å². The molecule has 7 heteroatoms. The number of nitrogens with one attached hydrogen (secondary N) is 2. The molecule has 31 heavy (non-hydrogen) atoms. The van der Waals surface area contributed by atoms with Crippen LogP contribution >= 0.6 is 11.8 Å². The molecule has 1 aliphatic rings. The standard InChI is InChI=1S/C24H24N4O2S/c25-20-16-31-22-12-11-19(27-24(30)26-14-17-7-3-1-4-8-17)13-21(22)28(23(20)29)15-18-9-5-2-6-10-18/h1-13,20H,14-16,25H2,(H2,26,27,30). The Bertz CT molecular complexity index is 1060. The molecule has 0 bridgehead atoms. The Morgan fingerprint density at radius 2 is 1.68 bits per heavy atom. The van der Waals surface area contributed by atoms with Gasteiger partial charge in [0.25, 0.3) is 0 Å². The summed E-state index contributed by atoms with van der Waals surface area (Å²) in [4.78, 5) is 28.1. The van der Waals surface area contributed by atoms with Gasteiger partial charge in [0.15, 0.2) is 0 Å². The van der Waals surface area contributed by atoms with Crippen molar-refractivity contribution in [3.05, 3.63) is 90.0 Å². The molecule has 4 N–H and O–H groups in total. The molecule has 6 nitrogen and oxygen atoms in total. The second-order valence-electron chi connectivity index (χ2n) is 7.30. The number of anilines is 2. The average Bonchev–Trinajstić information content (AvgIpc) is 2.91. The smallest absolute Gasteiger partial charge is 0.319 e. The summed E-state index contributed by atoms with van der Waals surface area (Å²) < 4.78 is 0. The molecule has 0 fully saturated rings. The number of urea groups is 1. The number of nitrogens with zero attached hydrogens (tertiary/aromatic N) is 1. The van der Waals surface area contributed by atoms with Crippen LogP contribution in [-0.4, -0.2) is 23.7 Å². The van der Waals surface area contributed by atoms with Gasteiger partial charge in [0.1, 0.15) is 0 Å². The lowest BCUT2D eigenvalue weighted by Crippen LogP contribution is -2.44. The summed E-state index contributed by atoms with van der Waals surface area (Å²) in [5.74, 6) is 0.391. The number of carbonyl (C=O) groups is 2. The van der Waals surface area contributed by atoms with Crippen molar-refractivity contribution in [3.63, 3.8) is 0 Å². The van der Waals surface area contributed by atoms with Crippen LogP contribution in [0.4, 0.5) is 16.2 Å². The summed E-state index contributed by atoms with van der Waals surface area (Å²) in [5, 5.41) is 5.72. The molecule has 0 saturated heterocycles. The number of carbonyl (C=O) groups excluding carboxylic acids is 2. The number of hydrogen-bond acceptors (Lipinski definition) is 4. The van der Waals surface area contributed by atoms with Gasteiger partial charge in [-0.3, -0.25) is 4.79 Å². The van der Waals surface area contributed by atoms with Crippen LogP contribution in [0.3, 0.4) is 0 Å². The van der Waals surface area contributed by atoms with Crippen LogP contribution in [0.15, 0.2) is 83.8 Å². The van der Waals surface area contributed by atoms with Crippen molar-refractivity contribution in [2.75, 3.05) is 16.0 Å². The lowest BCUT2D eigenvalue weighted by Gasteiger charge is -2.25. The van der Waals surface area contributed by atoms with Gasteiger partial charge in [0, 0.05) is 22.9 Å². The molecule has 0 aliphatic carbocycles. The summed E-state index contributed by atoms with van der Waals surface area (Å²) in [5.41, 5.74) is 9.53. The fraction of sp³-hybridized carbons (Fsp3) is 0.167. The molecule has 3 amide bonds. The maximum Gasteiger partial charge on any atom is 0.319 e. The molecule has 0 spiro atoms. The molecule has 0 radical (unpaired) electrons. The second kappa shape index (κ2) is 9.68. The summed E-state index contributed by atoms with van der Waals surface area (Å²) in [6.45, 7) is 0.853. The Balaban J connectivity index is 1.53. The molecule has 4 rings (SSSR count). The van der Waals surface area contributed by atoms with Gasteiger partial charge in [-0.2, -0.15) is 0 Å². The maximum absolute atomic E-state index is 13.0. The van der Waals surface area contributed by atoms with Crippen LogP contribution in [0.1, 0.15) is 11.1 Å². The highest BCUT2D eigenvalue weighted by Crippen LogP contribution is 2.37. The van der Waals surface area contributed by atoms with Gasteiger partial charge in [-0.25, -0.2) is 4.79 Å². The SMILES string of the molecule is NC1CSc2ccc(NC(=O)NCc3ccccc3)cc2N(Cc2ccccc2)C1=O. The zero-order chi connectivity index (χ0) is 21.6. The van der Waals surface area contributed by atoms with E-state index in [1.165, 1.54) is 0 Å². The lowest BCUT2D eigenvalue weighted by molar-refractivity contribution is -0.119. The van der Waals surface area contributed by atoms with Crippen molar-refractivity contribution in [2.24, 2.45) is 5.73 Å². The molecular weight excluding hydrogens is 408 g/mol. The molecular formula is C24H24N4O2S. The monoisotopic (exact) mass is 432 g/mol. The van der Waals surface area contributed by atoms with Crippen LogP contribution in [0.5, 0.6) is 0 Å². The highest BCUT2D eigenvalue weighted by Gasteiger charge is 2.29. The third-order valence-electron chi connectivity index (χ3n) is 4.99. The number of benzene rings is 3. The molecule has 1 aliphatic heterocycles. The van der Waals surface area contributed by atoms with Crippen LogP contribution < -0.4 is 21.3 Å². The molecule has 1 unspecified atom stereocenters. The van der Waals surface area contributed by atoms with Crippen molar-refractivity contribution < 1.29 is 9.59 Å². The minimum Gasteiger partial charge on any atom is -0.334 e. The van der Waals surface area contributed by atoms with E-state index in [1.807, 2.05) is 78.9 Å². The lowest BCUT2D eigenvalue weighted by atomic mass is 10.1. The Morgan fingerprint density at radius 1 is 1.00 bits per heavy atom. The zero-order valence-electron chi connectivity index (χ0n) is 17.0. The maximum atomic E-state index is 13.0. The van der Waals surface area contributed by atoms with E-state index in [0.717, 1.165) is 21.7 Å². The summed E-state index contributed by atoms with van der Waals surface area (Å²) in [6, 6.07) is 24.2. The van der Waals surface area contributed by atoms with E-state index < -0.39 is 6.04 Å². The van der Waals surface area contributed by atoms with Gasteiger partial charge in [0.2, 0.25) is 5.91 Å². The fourth-order valence-electron chi connectivity index (χ4n) is 3.38. The number of rotatable bonds is 5. The van der Waals surface area contributed by atoms with Crippen molar-refractivity contribution in [2.45, 2.75) is 24.0 Å². The molecule has 3 aromatic carbocycles. The predicted molar refractivity (Wildman–Crippen MR) is 125 cm³/mol. The highest BCUT2D eigenvalue weighted by atomic mass is 32.2. The van der Waals surface area contributed by atoms with Gasteiger partial charge in [0.05, 0.1) is 18.3 Å². The van der Waals surface area contributed by atoms with Gasteiger partial charge in [-0.05, 0) is 29.3 Å². The Labute approximate surface area is 185 Å². The third-order valence-corrected chi connectivity index (χ3v) is 6.17. The fourth-order valence-corrected chi connectivity index (χ4v) is 4.36. The number of hydrogen-bond donors (Lipinski definition) is 3. The van der Waals surface area contributed by atoms with Crippen LogP contribution in [0.25, 0.3) is 0 Å². The van der Waals surface area contributed by atoms with Gasteiger partial charge in [-0.1, -0.05) is 60.7 Å². The minimum atomic E-state index is -0.577. The van der Waals surface area contributed by atoms with Gasteiger partial charge in [-0.15, -0.1) is 11.8 Å². The first-order chi connectivity index (χ1) is 15.1. The summed E-state index contributed by atoms with van der Waals surface area (Å²) in [6.07, 6.45) is 0. The normalized spacial score (nSPS) is 15.7. The van der Waals surface area contributed by atoms with Gasteiger partial charge >= 0.3 is 6.03 Å². The first kappa shape index (κ1) is 21.0. The third kappa shape index (κ3) is 5.25. The minimum absolute atomic E-state index is 0.124. The largest absolute Gasteiger partial charge is 0.334 e. The van der Waals surface area contributed by atoms with Crippen molar-refractivity contribution in [3.8, 4) is 0 Å². The molecule has 158 valence electrons. The topological polar surface area (TPSA) is 87.5 Å². The van der Waals surface area contributed by atoms with Crippen LogP contribution in [-0.2, 0) is 17.9 Å². The molecule has 3 aromatic rings. The van der Waals surface area contributed by atoms with Crippen molar-refractivity contribution in [1.29, 1.82) is 0 Å². The number of thioether (sulfide) groups is 1. The first-order valence-electron chi connectivity index (χ1n) is 10.1. The Hall–Kier alpha value is -3.29. The first-order valence-corrected chi connectivity index (χ1v) is 11.1. The van der Waals surface area contributed by atoms with E-state index in [2.05, 4.69) is 10.6 Å². The molecule has 0 saturated carbocycles. The quantitative estimate of drug-likeness (QED) is 0.569. The Morgan fingerprint density at radius 3 is 2.39 bits per heavy atom. The van der Waals surface area contributed by atoms with Crippen LogP contribution in [0.2, 0.25) is 0 Å². The number of amides is 3. The number of fused-ring (bicyclic) bond motifs is 1. The van der Waals surface area contributed by atoms with E-state index in [9.17, 15) is 9.59 Å². The van der Waals surface area contributed by atoms with Gasteiger partial charge < -0.3 is 21.3 Å². The average molecular weight is 433 g/mol. The molecule has 0 aromatic heterocycles. The predicted octanol–water partition coefficient (Wildman–Crippen LogP) is 3.97. The van der Waals surface area contributed by atoms with E-state index in [4.69, 9.17) is 5.73 Å². The zero-order valence-corrected chi connectivity index (χ0v) is 17.8. The van der Waals surface area contributed by atoms with E-state index >= 15 is 0 Å². The molecule has 1 atom stereocenters. The number of nitrogens with two attached hydrogens (primary N) is 1. The van der Waals surface area contributed by atoms with Crippen molar-refractivity contribution in [1.82, 2.24) is 5.32 Å². The van der Waals surface area contributed by atoms with E-state index in [-0.39, 0.29) is 11.9 Å². The Kier molecular flexibility index (Phi) is 6.54. The second-order valence-corrected chi connectivity index (χ2v) is 8.37.